The SMILES string of the molecule is C[C@H]1CCC=C2C[C@H]3OC(=O)[C@H](CN4CCN(c5cccc(Cl)c5)CC4)[C@H]3[C@H](O)[C@@]21C. The number of fused-ring (bicyclic) bond motifs is 2. The molecule has 5 nitrogen and oxygen atoms in total. The van der Waals surface area contributed by atoms with Crippen LogP contribution in [0.4, 0.5) is 5.69 Å². The van der Waals surface area contributed by atoms with Crippen LogP contribution in [0.3, 0.4) is 0 Å². The van der Waals surface area contributed by atoms with E-state index in [2.05, 4.69) is 35.8 Å². The fourth-order valence-corrected chi connectivity index (χ4v) is 6.60. The van der Waals surface area contributed by atoms with Crippen molar-refractivity contribution in [3.05, 3.63) is 40.9 Å². The van der Waals surface area contributed by atoms with E-state index in [1.54, 1.807) is 0 Å². The van der Waals surface area contributed by atoms with Gasteiger partial charge in [0.05, 0.1) is 12.0 Å². The highest BCUT2D eigenvalue weighted by atomic mass is 35.5. The van der Waals surface area contributed by atoms with Gasteiger partial charge in [-0.1, -0.05) is 43.2 Å². The summed E-state index contributed by atoms with van der Waals surface area (Å²) in [4.78, 5) is 17.6. The number of esters is 1. The highest BCUT2D eigenvalue weighted by Crippen LogP contribution is 2.56. The van der Waals surface area contributed by atoms with Crippen molar-refractivity contribution >= 4 is 23.3 Å². The number of hydrogen-bond acceptors (Lipinski definition) is 5. The van der Waals surface area contributed by atoms with E-state index in [1.165, 1.54) is 5.57 Å². The lowest BCUT2D eigenvalue weighted by atomic mass is 9.55. The van der Waals surface area contributed by atoms with E-state index >= 15 is 0 Å². The molecule has 0 bridgehead atoms. The van der Waals surface area contributed by atoms with E-state index in [9.17, 15) is 9.90 Å². The van der Waals surface area contributed by atoms with Gasteiger partial charge in [-0.3, -0.25) is 9.69 Å². The van der Waals surface area contributed by atoms with Gasteiger partial charge in [-0.15, -0.1) is 0 Å². The number of aliphatic hydroxyl groups excluding tert-OH is 1. The van der Waals surface area contributed by atoms with Crippen molar-refractivity contribution in [2.75, 3.05) is 37.6 Å². The molecule has 6 heteroatoms. The number of allylic oxidation sites excluding steroid dienone is 1. The Bertz CT molecular complexity index is 881. The molecule has 0 spiro atoms. The molecule has 0 radical (unpaired) electrons. The van der Waals surface area contributed by atoms with Crippen LogP contribution in [0.25, 0.3) is 0 Å². The Kier molecular flexibility index (Phi) is 5.56. The zero-order valence-corrected chi connectivity index (χ0v) is 19.2. The summed E-state index contributed by atoms with van der Waals surface area (Å²) in [5.41, 5.74) is 2.20. The highest BCUT2D eigenvalue weighted by molar-refractivity contribution is 6.30. The van der Waals surface area contributed by atoms with Crippen molar-refractivity contribution in [2.24, 2.45) is 23.2 Å². The molecule has 2 heterocycles. The number of piperazine rings is 1. The molecular weight excluding hydrogens is 412 g/mol. The summed E-state index contributed by atoms with van der Waals surface area (Å²) in [5, 5.41) is 12.3. The second-order valence-electron chi connectivity index (χ2n) is 10.1. The lowest BCUT2D eigenvalue weighted by Gasteiger charge is -2.52. The van der Waals surface area contributed by atoms with Crippen LogP contribution in [0.2, 0.25) is 5.02 Å². The fraction of sp³-hybridized carbons (Fsp3) is 0.640. The molecule has 4 aliphatic rings. The smallest absolute Gasteiger partial charge is 0.311 e. The third-order valence-electron chi connectivity index (χ3n) is 8.57. The number of hydrogen-bond donors (Lipinski definition) is 1. The van der Waals surface area contributed by atoms with E-state index in [0.29, 0.717) is 12.5 Å². The first-order valence-corrected chi connectivity index (χ1v) is 12.1. The van der Waals surface area contributed by atoms with Gasteiger partial charge in [0.15, 0.2) is 0 Å². The number of anilines is 1. The monoisotopic (exact) mass is 444 g/mol. The summed E-state index contributed by atoms with van der Waals surface area (Å²) < 4.78 is 5.83. The molecule has 3 fully saturated rings. The molecule has 1 N–H and O–H groups in total. The largest absolute Gasteiger partial charge is 0.461 e. The van der Waals surface area contributed by atoms with Crippen LogP contribution in [0.1, 0.15) is 33.1 Å². The zero-order chi connectivity index (χ0) is 21.8. The van der Waals surface area contributed by atoms with Crippen LogP contribution in [0, 0.1) is 23.2 Å². The second kappa shape index (κ2) is 8.09. The van der Waals surface area contributed by atoms with Crippen LogP contribution >= 0.6 is 11.6 Å². The first-order valence-electron chi connectivity index (χ1n) is 11.7. The topological polar surface area (TPSA) is 53.0 Å². The van der Waals surface area contributed by atoms with Gasteiger partial charge in [0, 0.05) is 61.2 Å². The van der Waals surface area contributed by atoms with Gasteiger partial charge in [0.2, 0.25) is 0 Å². The van der Waals surface area contributed by atoms with Crippen molar-refractivity contribution < 1.29 is 14.6 Å². The Hall–Kier alpha value is -1.56. The first-order chi connectivity index (χ1) is 14.9. The van der Waals surface area contributed by atoms with Gasteiger partial charge in [-0.25, -0.2) is 0 Å². The molecule has 2 aliphatic heterocycles. The molecule has 0 unspecified atom stereocenters. The van der Waals surface area contributed by atoms with Gasteiger partial charge in [0.25, 0.3) is 0 Å². The predicted molar refractivity (Wildman–Crippen MR) is 122 cm³/mol. The Morgan fingerprint density at radius 1 is 1.26 bits per heavy atom. The number of ether oxygens (including phenoxy) is 1. The lowest BCUT2D eigenvalue weighted by molar-refractivity contribution is -0.145. The van der Waals surface area contributed by atoms with Gasteiger partial charge >= 0.3 is 5.97 Å². The Morgan fingerprint density at radius 3 is 2.77 bits per heavy atom. The molecule has 1 saturated carbocycles. The molecule has 2 aliphatic carbocycles. The molecule has 1 aromatic carbocycles. The van der Waals surface area contributed by atoms with Gasteiger partial charge in [0.1, 0.15) is 6.10 Å². The summed E-state index contributed by atoms with van der Waals surface area (Å²) >= 11 is 6.15. The average molecular weight is 445 g/mol. The lowest BCUT2D eigenvalue weighted by Crippen LogP contribution is -2.55. The third-order valence-corrected chi connectivity index (χ3v) is 8.81. The van der Waals surface area contributed by atoms with Crippen LogP contribution in [0.15, 0.2) is 35.9 Å². The molecule has 1 aromatic rings. The van der Waals surface area contributed by atoms with Gasteiger partial charge in [-0.05, 0) is 37.0 Å². The van der Waals surface area contributed by atoms with Crippen LogP contribution in [-0.4, -0.2) is 60.9 Å². The van der Waals surface area contributed by atoms with Crippen LogP contribution in [0.5, 0.6) is 0 Å². The van der Waals surface area contributed by atoms with Crippen molar-refractivity contribution in [3.63, 3.8) is 0 Å². The summed E-state index contributed by atoms with van der Waals surface area (Å²) in [6.07, 6.45) is 4.52. The minimum Gasteiger partial charge on any atom is -0.461 e. The molecule has 0 amide bonds. The van der Waals surface area contributed by atoms with E-state index in [-0.39, 0.29) is 29.3 Å². The van der Waals surface area contributed by atoms with E-state index in [1.807, 2.05) is 18.2 Å². The minimum atomic E-state index is -0.531. The van der Waals surface area contributed by atoms with Gasteiger partial charge < -0.3 is 14.7 Å². The van der Waals surface area contributed by atoms with E-state index < -0.39 is 6.10 Å². The molecule has 2 saturated heterocycles. The maximum Gasteiger partial charge on any atom is 0.311 e. The fourth-order valence-electron chi connectivity index (χ4n) is 6.41. The van der Waals surface area contributed by atoms with Crippen LogP contribution in [-0.2, 0) is 9.53 Å². The number of carbonyl (C=O) groups excluding carboxylic acids is 1. The standard InChI is InChI=1S/C25H33ClN2O3/c1-16-5-3-6-17-13-21-22(23(29)25(16,17)2)20(24(30)31-21)15-27-9-11-28(12-10-27)19-8-4-7-18(26)14-19/h4,6-8,14,16,20-23,29H,3,5,9-13,15H2,1-2H3/t16-,20+,21+,22+,23-,25+/m0/s1. The van der Waals surface area contributed by atoms with E-state index in [4.69, 9.17) is 16.3 Å². The molecule has 31 heavy (non-hydrogen) atoms. The zero-order valence-electron chi connectivity index (χ0n) is 18.5. The summed E-state index contributed by atoms with van der Waals surface area (Å²) in [6, 6.07) is 7.98. The molecule has 0 aromatic heterocycles. The summed E-state index contributed by atoms with van der Waals surface area (Å²) in [7, 11) is 0. The maximum absolute atomic E-state index is 12.9. The molecule has 5 rings (SSSR count). The number of halogens is 1. The minimum absolute atomic E-state index is 0.110. The predicted octanol–water partition coefficient (Wildman–Crippen LogP) is 3.75. The van der Waals surface area contributed by atoms with Crippen molar-refractivity contribution in [1.82, 2.24) is 4.90 Å². The van der Waals surface area contributed by atoms with Crippen molar-refractivity contribution in [2.45, 2.75) is 45.3 Å². The summed E-state index contributed by atoms with van der Waals surface area (Å²) in [5.74, 6) is -0.0609. The molecule has 168 valence electrons. The van der Waals surface area contributed by atoms with Crippen molar-refractivity contribution in [1.29, 1.82) is 0 Å². The normalized spacial score (nSPS) is 38.3. The number of nitrogens with zero attached hydrogens (tertiary/aromatic N) is 2. The molecule has 6 atom stereocenters. The second-order valence-corrected chi connectivity index (χ2v) is 10.5. The Labute approximate surface area is 190 Å². The van der Waals surface area contributed by atoms with E-state index in [0.717, 1.165) is 56.2 Å². The molecular formula is C25H33ClN2O3. The van der Waals surface area contributed by atoms with Gasteiger partial charge in [-0.2, -0.15) is 0 Å². The Morgan fingerprint density at radius 2 is 2.03 bits per heavy atom. The Balaban J connectivity index is 1.28. The van der Waals surface area contributed by atoms with Crippen LogP contribution < -0.4 is 4.90 Å². The quantitative estimate of drug-likeness (QED) is 0.568. The maximum atomic E-state index is 12.9. The van der Waals surface area contributed by atoms with Crippen molar-refractivity contribution in [3.8, 4) is 0 Å². The average Bonchev–Trinajstić information content (AvgIpc) is 3.06. The highest BCUT2D eigenvalue weighted by Gasteiger charge is 2.59. The number of benzene rings is 1. The first kappa shape index (κ1) is 21.3. The number of carbonyl (C=O) groups is 1. The summed E-state index contributed by atoms with van der Waals surface area (Å²) in [6.45, 7) is 8.71. The number of rotatable bonds is 3. The third kappa shape index (κ3) is 3.59. The number of aliphatic hydroxyl groups is 1.